The molecule has 0 saturated carbocycles. The lowest BCUT2D eigenvalue weighted by molar-refractivity contribution is 0.876. The average Bonchev–Trinajstić information content (AvgIpc) is 2.21. The number of nitriles is 1. The van der Waals surface area contributed by atoms with E-state index in [-0.39, 0.29) is 5.92 Å². The van der Waals surface area contributed by atoms with Crippen LogP contribution in [0.3, 0.4) is 0 Å². The van der Waals surface area contributed by atoms with Crippen LogP contribution in [0.5, 0.6) is 0 Å². The highest BCUT2D eigenvalue weighted by Crippen LogP contribution is 2.18. The van der Waals surface area contributed by atoms with Gasteiger partial charge in [0.2, 0.25) is 0 Å². The quantitative estimate of drug-likeness (QED) is 0.640. The second-order valence-electron chi connectivity index (χ2n) is 2.90. The van der Waals surface area contributed by atoms with Crippen molar-refractivity contribution in [1.82, 2.24) is 0 Å². The molecule has 1 aromatic carbocycles. The average molecular weight is 171 g/mol. The highest BCUT2D eigenvalue weighted by atomic mass is 14.3. The molecule has 13 heavy (non-hydrogen) atoms. The van der Waals surface area contributed by atoms with Gasteiger partial charge in [-0.25, -0.2) is 0 Å². The van der Waals surface area contributed by atoms with Gasteiger partial charge in [0.05, 0.1) is 12.0 Å². The highest BCUT2D eigenvalue weighted by Gasteiger charge is 2.06. The maximum atomic E-state index is 8.92. The molecule has 0 aliphatic heterocycles. The standard InChI is InChI=1S/C12H13N/c1-2-3-7-12(10-13)11-8-5-4-6-9-11/h2-6,8-9,12H,7H2,1H3/b3-2+/t12-/m1/s1. The number of nitrogens with zero attached hydrogens (tertiary/aromatic N) is 1. The normalized spacial score (nSPS) is 12.6. The summed E-state index contributed by atoms with van der Waals surface area (Å²) in [7, 11) is 0. The summed E-state index contributed by atoms with van der Waals surface area (Å²) in [5.41, 5.74) is 1.10. The summed E-state index contributed by atoms with van der Waals surface area (Å²) in [5.74, 6) is -0.00241. The SMILES string of the molecule is C/C=C/C[C@H](C#N)c1ccccc1. The lowest BCUT2D eigenvalue weighted by atomic mass is 9.97. The summed E-state index contributed by atoms with van der Waals surface area (Å²) in [6.45, 7) is 1.97. The van der Waals surface area contributed by atoms with Gasteiger partial charge in [0.15, 0.2) is 0 Å². The third-order valence-corrected chi connectivity index (χ3v) is 1.97. The Morgan fingerprint density at radius 1 is 1.38 bits per heavy atom. The molecule has 1 nitrogen and oxygen atoms in total. The fourth-order valence-electron chi connectivity index (χ4n) is 1.22. The zero-order chi connectivity index (χ0) is 9.52. The van der Waals surface area contributed by atoms with Crippen LogP contribution in [0.1, 0.15) is 24.8 Å². The first kappa shape index (κ1) is 9.54. The summed E-state index contributed by atoms with van der Waals surface area (Å²) in [6.07, 6.45) is 4.81. The van der Waals surface area contributed by atoms with Crippen molar-refractivity contribution >= 4 is 0 Å². The Balaban J connectivity index is 2.74. The molecule has 0 bridgehead atoms. The molecule has 0 aliphatic rings. The van der Waals surface area contributed by atoms with E-state index in [4.69, 9.17) is 5.26 Å². The van der Waals surface area contributed by atoms with E-state index in [0.29, 0.717) is 0 Å². The summed E-state index contributed by atoms with van der Waals surface area (Å²) >= 11 is 0. The molecule has 1 aromatic rings. The van der Waals surface area contributed by atoms with Crippen molar-refractivity contribution in [3.63, 3.8) is 0 Å². The van der Waals surface area contributed by atoms with Crippen molar-refractivity contribution in [3.8, 4) is 6.07 Å². The zero-order valence-electron chi connectivity index (χ0n) is 7.77. The van der Waals surface area contributed by atoms with E-state index in [0.717, 1.165) is 12.0 Å². The van der Waals surface area contributed by atoms with E-state index in [2.05, 4.69) is 6.07 Å². The van der Waals surface area contributed by atoms with Gasteiger partial charge in [0, 0.05) is 0 Å². The minimum absolute atomic E-state index is 0.00241. The fraction of sp³-hybridized carbons (Fsp3) is 0.250. The molecule has 0 saturated heterocycles. The van der Waals surface area contributed by atoms with E-state index in [1.54, 1.807) is 0 Å². The van der Waals surface area contributed by atoms with Crippen LogP contribution in [0, 0.1) is 11.3 Å². The molecule has 1 rings (SSSR count). The third-order valence-electron chi connectivity index (χ3n) is 1.97. The maximum absolute atomic E-state index is 8.92. The molecule has 0 fully saturated rings. The zero-order valence-corrected chi connectivity index (χ0v) is 7.77. The van der Waals surface area contributed by atoms with Crippen molar-refractivity contribution < 1.29 is 0 Å². The van der Waals surface area contributed by atoms with Crippen LogP contribution in [-0.2, 0) is 0 Å². The predicted octanol–water partition coefficient (Wildman–Crippen LogP) is 3.26. The molecule has 66 valence electrons. The van der Waals surface area contributed by atoms with Gasteiger partial charge in [0.1, 0.15) is 0 Å². The lowest BCUT2D eigenvalue weighted by Gasteiger charge is -2.05. The van der Waals surface area contributed by atoms with E-state index < -0.39 is 0 Å². The van der Waals surface area contributed by atoms with Gasteiger partial charge < -0.3 is 0 Å². The van der Waals surface area contributed by atoms with Crippen LogP contribution in [-0.4, -0.2) is 0 Å². The van der Waals surface area contributed by atoms with E-state index in [1.165, 1.54) is 0 Å². The van der Waals surface area contributed by atoms with Crippen molar-refractivity contribution in [2.45, 2.75) is 19.3 Å². The van der Waals surface area contributed by atoms with Crippen molar-refractivity contribution in [1.29, 1.82) is 5.26 Å². The molecule has 0 aliphatic carbocycles. The largest absolute Gasteiger partial charge is 0.198 e. The highest BCUT2D eigenvalue weighted by molar-refractivity contribution is 5.25. The van der Waals surface area contributed by atoms with Gasteiger partial charge in [0.25, 0.3) is 0 Å². The van der Waals surface area contributed by atoms with Crippen molar-refractivity contribution in [2.24, 2.45) is 0 Å². The Morgan fingerprint density at radius 3 is 2.62 bits per heavy atom. The Kier molecular flexibility index (Phi) is 3.78. The molecule has 0 N–H and O–H groups in total. The summed E-state index contributed by atoms with van der Waals surface area (Å²) in [6, 6.07) is 12.2. The van der Waals surface area contributed by atoms with Gasteiger partial charge >= 0.3 is 0 Å². The Hall–Kier alpha value is -1.55. The second-order valence-corrected chi connectivity index (χ2v) is 2.90. The number of allylic oxidation sites excluding steroid dienone is 2. The fourth-order valence-corrected chi connectivity index (χ4v) is 1.22. The molecule has 0 aromatic heterocycles. The van der Waals surface area contributed by atoms with Gasteiger partial charge in [-0.15, -0.1) is 0 Å². The van der Waals surface area contributed by atoms with Crippen LogP contribution < -0.4 is 0 Å². The number of hydrogen-bond acceptors (Lipinski definition) is 1. The Bertz CT molecular complexity index is 306. The maximum Gasteiger partial charge on any atom is 0.0747 e. The summed E-state index contributed by atoms with van der Waals surface area (Å²) in [5, 5.41) is 8.92. The van der Waals surface area contributed by atoms with E-state index in [1.807, 2.05) is 49.4 Å². The monoisotopic (exact) mass is 171 g/mol. The third kappa shape index (κ3) is 2.76. The number of rotatable bonds is 3. The molecule has 0 unspecified atom stereocenters. The minimum atomic E-state index is -0.00241. The first-order valence-electron chi connectivity index (χ1n) is 4.44. The molecular formula is C12H13N. The summed E-state index contributed by atoms with van der Waals surface area (Å²) in [4.78, 5) is 0. The number of hydrogen-bond donors (Lipinski definition) is 0. The summed E-state index contributed by atoms with van der Waals surface area (Å²) < 4.78 is 0. The first-order valence-corrected chi connectivity index (χ1v) is 4.44. The van der Waals surface area contributed by atoms with Crippen molar-refractivity contribution in [2.75, 3.05) is 0 Å². The van der Waals surface area contributed by atoms with Gasteiger partial charge in [-0.1, -0.05) is 42.5 Å². The van der Waals surface area contributed by atoms with Crippen LogP contribution >= 0.6 is 0 Å². The molecule has 0 spiro atoms. The predicted molar refractivity (Wildman–Crippen MR) is 54.2 cm³/mol. The Morgan fingerprint density at radius 2 is 2.08 bits per heavy atom. The van der Waals surface area contributed by atoms with Crippen LogP contribution in [0.15, 0.2) is 42.5 Å². The minimum Gasteiger partial charge on any atom is -0.198 e. The van der Waals surface area contributed by atoms with Gasteiger partial charge in [-0.3, -0.25) is 0 Å². The molecular weight excluding hydrogens is 158 g/mol. The van der Waals surface area contributed by atoms with Crippen LogP contribution in [0.25, 0.3) is 0 Å². The second kappa shape index (κ2) is 5.16. The van der Waals surface area contributed by atoms with Crippen LogP contribution in [0.2, 0.25) is 0 Å². The smallest absolute Gasteiger partial charge is 0.0747 e. The number of benzene rings is 1. The van der Waals surface area contributed by atoms with Crippen LogP contribution in [0.4, 0.5) is 0 Å². The molecule has 1 heteroatoms. The molecule has 0 amide bonds. The van der Waals surface area contributed by atoms with Gasteiger partial charge in [-0.05, 0) is 18.9 Å². The topological polar surface area (TPSA) is 23.8 Å². The molecule has 1 atom stereocenters. The Labute approximate surface area is 79.3 Å². The molecule has 0 heterocycles. The molecule has 0 radical (unpaired) electrons. The first-order chi connectivity index (χ1) is 6.38. The lowest BCUT2D eigenvalue weighted by Crippen LogP contribution is -1.92. The van der Waals surface area contributed by atoms with E-state index in [9.17, 15) is 0 Å². The van der Waals surface area contributed by atoms with Gasteiger partial charge in [-0.2, -0.15) is 5.26 Å². The van der Waals surface area contributed by atoms with Crippen molar-refractivity contribution in [3.05, 3.63) is 48.0 Å². The van der Waals surface area contributed by atoms with E-state index >= 15 is 0 Å².